The molecule has 2 fully saturated rings. The van der Waals surface area contributed by atoms with Crippen LogP contribution in [0.15, 0.2) is 6.07 Å². The van der Waals surface area contributed by atoms with Crippen molar-refractivity contribution in [1.82, 2.24) is 19.8 Å². The molecule has 2 aliphatic heterocycles. The lowest BCUT2D eigenvalue weighted by molar-refractivity contribution is -0.145. The number of rotatable bonds is 4. The minimum Gasteiger partial charge on any atom is -0.356 e. The molecule has 0 aliphatic carbocycles. The molecule has 1 aromatic rings. The molecule has 0 bridgehead atoms. The van der Waals surface area contributed by atoms with E-state index in [0.29, 0.717) is 13.0 Å². The van der Waals surface area contributed by atoms with E-state index in [4.69, 9.17) is 0 Å². The summed E-state index contributed by atoms with van der Waals surface area (Å²) in [6.07, 6.45) is 3.99. The lowest BCUT2D eigenvalue weighted by Crippen LogP contribution is -2.52. The van der Waals surface area contributed by atoms with Gasteiger partial charge in [0.15, 0.2) is 0 Å². The highest BCUT2D eigenvalue weighted by Crippen LogP contribution is 2.27. The van der Waals surface area contributed by atoms with Crippen molar-refractivity contribution in [1.29, 1.82) is 0 Å². The molecule has 0 radical (unpaired) electrons. The molecule has 1 aromatic heterocycles. The topological polar surface area (TPSA) is 69.6 Å². The van der Waals surface area contributed by atoms with E-state index in [1.807, 2.05) is 36.8 Å². The molecule has 0 saturated carbocycles. The number of hydrogen-bond donors (Lipinski definition) is 0. The Balaban J connectivity index is 1.59. The third kappa shape index (κ3) is 5.29. The van der Waals surface area contributed by atoms with Crippen molar-refractivity contribution in [2.24, 2.45) is 5.41 Å². The Kier molecular flexibility index (Phi) is 6.68. The number of carbonyl (C=O) groups excluding carboxylic acids is 2. The van der Waals surface area contributed by atoms with Crippen LogP contribution in [0.1, 0.15) is 64.4 Å². The van der Waals surface area contributed by atoms with Crippen molar-refractivity contribution in [2.75, 3.05) is 31.6 Å². The Morgan fingerprint density at radius 1 is 1.10 bits per heavy atom. The number of amides is 2. The summed E-state index contributed by atoms with van der Waals surface area (Å²) in [6.45, 7) is 12.6. The summed E-state index contributed by atoms with van der Waals surface area (Å²) in [5.41, 5.74) is 0.914. The molecule has 3 heterocycles. The van der Waals surface area contributed by atoms with Crippen LogP contribution in [0.5, 0.6) is 0 Å². The number of likely N-dealkylation sites (tertiary alicyclic amines) is 1. The predicted molar refractivity (Wildman–Crippen MR) is 118 cm³/mol. The molecule has 1 atom stereocenters. The van der Waals surface area contributed by atoms with Crippen LogP contribution in [0.4, 0.5) is 5.82 Å². The van der Waals surface area contributed by atoms with Crippen LogP contribution in [-0.2, 0) is 9.59 Å². The Morgan fingerprint density at radius 3 is 2.37 bits per heavy atom. The van der Waals surface area contributed by atoms with Gasteiger partial charge in [-0.25, -0.2) is 9.97 Å². The number of aromatic nitrogens is 2. The van der Waals surface area contributed by atoms with Crippen LogP contribution >= 0.6 is 0 Å². The fourth-order valence-corrected chi connectivity index (χ4v) is 4.63. The van der Waals surface area contributed by atoms with Gasteiger partial charge in [0.05, 0.1) is 0 Å². The van der Waals surface area contributed by atoms with Crippen molar-refractivity contribution in [2.45, 2.75) is 78.8 Å². The summed E-state index contributed by atoms with van der Waals surface area (Å²) in [7, 11) is 1.91. The molecule has 3 rings (SSSR count). The van der Waals surface area contributed by atoms with Gasteiger partial charge in [0.1, 0.15) is 17.7 Å². The first-order valence-corrected chi connectivity index (χ1v) is 11.2. The maximum absolute atomic E-state index is 13.3. The fraction of sp³-hybridized carbons (Fsp3) is 0.739. The largest absolute Gasteiger partial charge is 0.356 e. The summed E-state index contributed by atoms with van der Waals surface area (Å²) in [5, 5.41) is 0. The maximum atomic E-state index is 13.3. The molecule has 2 aliphatic rings. The highest BCUT2D eigenvalue weighted by molar-refractivity contribution is 5.88. The molecule has 2 saturated heterocycles. The minimum absolute atomic E-state index is 0.0658. The van der Waals surface area contributed by atoms with E-state index in [2.05, 4.69) is 35.6 Å². The monoisotopic (exact) mass is 415 g/mol. The van der Waals surface area contributed by atoms with Gasteiger partial charge in [-0.3, -0.25) is 9.59 Å². The second-order valence-electron chi connectivity index (χ2n) is 10.1. The Morgan fingerprint density at radius 2 is 1.77 bits per heavy atom. The molecule has 7 nitrogen and oxygen atoms in total. The number of aryl methyl sites for hydroxylation is 2. The van der Waals surface area contributed by atoms with Gasteiger partial charge in [0.25, 0.3) is 0 Å². The van der Waals surface area contributed by atoms with Gasteiger partial charge >= 0.3 is 0 Å². The number of likely N-dealkylation sites (N-methyl/N-ethyl adjacent to an activating group) is 1. The Hall–Kier alpha value is -2.18. The lowest BCUT2D eigenvalue weighted by Gasteiger charge is -2.39. The van der Waals surface area contributed by atoms with Crippen molar-refractivity contribution >= 4 is 17.6 Å². The van der Waals surface area contributed by atoms with Crippen LogP contribution in [0, 0.1) is 19.3 Å². The molecular formula is C23H37N5O2. The van der Waals surface area contributed by atoms with E-state index < -0.39 is 0 Å². The van der Waals surface area contributed by atoms with Crippen molar-refractivity contribution in [3.8, 4) is 0 Å². The minimum atomic E-state index is -0.296. The third-order valence-corrected chi connectivity index (χ3v) is 6.18. The predicted octanol–water partition coefficient (Wildman–Crippen LogP) is 2.95. The molecule has 2 amide bonds. The van der Waals surface area contributed by atoms with Crippen LogP contribution in [0.25, 0.3) is 0 Å². The van der Waals surface area contributed by atoms with Crippen LogP contribution in [0.2, 0.25) is 0 Å². The molecule has 166 valence electrons. The molecule has 0 spiro atoms. The number of anilines is 1. The Bertz CT molecular complexity index is 760. The van der Waals surface area contributed by atoms with Gasteiger partial charge in [0, 0.05) is 50.9 Å². The zero-order valence-electron chi connectivity index (χ0n) is 19.4. The zero-order chi connectivity index (χ0) is 22.1. The second-order valence-corrected chi connectivity index (χ2v) is 10.1. The number of carbonyl (C=O) groups is 2. The highest BCUT2D eigenvalue weighted by atomic mass is 16.2. The van der Waals surface area contributed by atoms with Gasteiger partial charge < -0.3 is 14.7 Å². The van der Waals surface area contributed by atoms with Gasteiger partial charge in [-0.05, 0) is 44.9 Å². The summed E-state index contributed by atoms with van der Waals surface area (Å²) in [5.74, 6) is 1.97. The molecule has 7 heteroatoms. The van der Waals surface area contributed by atoms with Gasteiger partial charge in [-0.2, -0.15) is 0 Å². The first-order chi connectivity index (χ1) is 14.0. The highest BCUT2D eigenvalue weighted by Gasteiger charge is 2.38. The summed E-state index contributed by atoms with van der Waals surface area (Å²) in [6, 6.07) is 1.94. The maximum Gasteiger partial charge on any atom is 0.245 e. The van der Waals surface area contributed by atoms with E-state index in [1.165, 1.54) is 0 Å². The smallest absolute Gasteiger partial charge is 0.245 e. The van der Waals surface area contributed by atoms with Crippen molar-refractivity contribution in [3.63, 3.8) is 0 Å². The van der Waals surface area contributed by atoms with Crippen LogP contribution in [0.3, 0.4) is 0 Å². The Labute approximate surface area is 180 Å². The van der Waals surface area contributed by atoms with E-state index in [9.17, 15) is 9.59 Å². The number of piperidine rings is 1. The van der Waals surface area contributed by atoms with Crippen LogP contribution < -0.4 is 4.90 Å². The average molecular weight is 416 g/mol. The SMILES string of the molecule is Cc1cc(N2CCC(N(C)C(=O)C3CCCN3C(=O)CC(C)(C)C)CC2)nc(C)n1. The van der Waals surface area contributed by atoms with Crippen molar-refractivity contribution < 1.29 is 9.59 Å². The van der Waals surface area contributed by atoms with E-state index in [1.54, 1.807) is 0 Å². The number of hydrogen-bond acceptors (Lipinski definition) is 5. The van der Waals surface area contributed by atoms with E-state index >= 15 is 0 Å². The average Bonchev–Trinajstić information content (AvgIpc) is 3.15. The zero-order valence-corrected chi connectivity index (χ0v) is 19.4. The quantitative estimate of drug-likeness (QED) is 0.756. The first-order valence-electron chi connectivity index (χ1n) is 11.2. The molecule has 30 heavy (non-hydrogen) atoms. The summed E-state index contributed by atoms with van der Waals surface area (Å²) >= 11 is 0. The van der Waals surface area contributed by atoms with E-state index in [0.717, 1.165) is 56.1 Å². The third-order valence-electron chi connectivity index (χ3n) is 6.18. The lowest BCUT2D eigenvalue weighted by atomic mass is 9.91. The summed E-state index contributed by atoms with van der Waals surface area (Å²) < 4.78 is 0. The second kappa shape index (κ2) is 8.90. The van der Waals surface area contributed by atoms with Crippen LogP contribution in [-0.4, -0.2) is 70.3 Å². The fourth-order valence-electron chi connectivity index (χ4n) is 4.63. The number of nitrogens with zero attached hydrogens (tertiary/aromatic N) is 5. The van der Waals surface area contributed by atoms with Gasteiger partial charge in [0.2, 0.25) is 11.8 Å². The van der Waals surface area contributed by atoms with Gasteiger partial charge in [-0.15, -0.1) is 0 Å². The first kappa shape index (κ1) is 22.5. The van der Waals surface area contributed by atoms with Crippen molar-refractivity contribution in [3.05, 3.63) is 17.6 Å². The molecular weight excluding hydrogens is 378 g/mol. The standard InChI is InChI=1S/C23H37N5O2/c1-16-14-20(25-17(2)24-16)27-12-9-18(10-13-27)26(6)22(30)19-8-7-11-28(19)21(29)15-23(3,4)5/h14,18-19H,7-13,15H2,1-6H3. The molecule has 0 N–H and O–H groups in total. The van der Waals surface area contributed by atoms with Gasteiger partial charge in [-0.1, -0.05) is 20.8 Å². The van der Waals surface area contributed by atoms with E-state index in [-0.39, 0.29) is 29.3 Å². The molecule has 1 unspecified atom stereocenters. The summed E-state index contributed by atoms with van der Waals surface area (Å²) in [4.78, 5) is 41.0. The molecule has 0 aromatic carbocycles. The normalized spacial score (nSPS) is 20.5.